The molecule has 0 aliphatic heterocycles. The molecule has 0 aromatic heterocycles. The van der Waals surface area contributed by atoms with Crippen molar-refractivity contribution in [3.8, 4) is 0 Å². The van der Waals surface area contributed by atoms with Crippen molar-refractivity contribution in [2.45, 2.75) is 71.0 Å². The van der Waals surface area contributed by atoms with Crippen LogP contribution in [0, 0.1) is 0 Å². The number of amides is 3. The van der Waals surface area contributed by atoms with Crippen LogP contribution in [0.25, 0.3) is 0 Å². The molecule has 0 bridgehead atoms. The summed E-state index contributed by atoms with van der Waals surface area (Å²) >= 11 is 0. The van der Waals surface area contributed by atoms with Gasteiger partial charge >= 0.3 is 6.03 Å². The van der Waals surface area contributed by atoms with Crippen LogP contribution in [0.5, 0.6) is 0 Å². The summed E-state index contributed by atoms with van der Waals surface area (Å²) in [7, 11) is 0. The van der Waals surface area contributed by atoms with Gasteiger partial charge in [0, 0.05) is 12.1 Å². The molecular weight excluding hydrogens is 230 g/mol. The molecule has 3 amide bonds. The lowest BCUT2D eigenvalue weighted by Gasteiger charge is -2.24. The van der Waals surface area contributed by atoms with Crippen molar-refractivity contribution in [2.24, 2.45) is 0 Å². The molecule has 0 aromatic rings. The second-order valence-corrected chi connectivity index (χ2v) is 5.34. The third-order valence-corrected chi connectivity index (χ3v) is 3.11. The van der Waals surface area contributed by atoms with Crippen LogP contribution < -0.4 is 16.0 Å². The normalized spacial score (nSPS) is 18.2. The van der Waals surface area contributed by atoms with E-state index in [1.54, 1.807) is 6.92 Å². The van der Waals surface area contributed by atoms with Gasteiger partial charge in [0.2, 0.25) is 5.91 Å². The summed E-state index contributed by atoms with van der Waals surface area (Å²) in [5.41, 5.74) is 0. The lowest BCUT2D eigenvalue weighted by Crippen LogP contribution is -2.51. The molecule has 5 heteroatoms. The smallest absolute Gasteiger partial charge is 0.315 e. The average molecular weight is 255 g/mol. The molecule has 1 rings (SSSR count). The highest BCUT2D eigenvalue weighted by Crippen LogP contribution is 2.17. The Balaban J connectivity index is 2.27. The number of nitrogens with one attached hydrogen (secondary N) is 3. The van der Waals surface area contributed by atoms with E-state index in [-0.39, 0.29) is 24.0 Å². The van der Waals surface area contributed by atoms with E-state index in [2.05, 4.69) is 16.0 Å². The molecule has 1 fully saturated rings. The summed E-state index contributed by atoms with van der Waals surface area (Å²) in [6.07, 6.45) is 5.69. The van der Waals surface area contributed by atoms with Gasteiger partial charge in [-0.15, -0.1) is 0 Å². The van der Waals surface area contributed by atoms with Crippen LogP contribution in [0.15, 0.2) is 0 Å². The number of hydrogen-bond acceptors (Lipinski definition) is 2. The molecule has 104 valence electrons. The highest BCUT2D eigenvalue weighted by atomic mass is 16.2. The Kier molecular flexibility index (Phi) is 5.95. The van der Waals surface area contributed by atoms with Crippen LogP contribution in [0.2, 0.25) is 0 Å². The van der Waals surface area contributed by atoms with Gasteiger partial charge in [-0.3, -0.25) is 4.79 Å². The number of hydrogen-bond donors (Lipinski definition) is 3. The van der Waals surface area contributed by atoms with Crippen LogP contribution >= 0.6 is 0 Å². The minimum absolute atomic E-state index is 0.0863. The van der Waals surface area contributed by atoms with Gasteiger partial charge < -0.3 is 16.0 Å². The van der Waals surface area contributed by atoms with Crippen molar-refractivity contribution < 1.29 is 9.59 Å². The van der Waals surface area contributed by atoms with Crippen LogP contribution in [-0.4, -0.2) is 30.1 Å². The zero-order valence-electron chi connectivity index (χ0n) is 11.6. The van der Waals surface area contributed by atoms with Crippen LogP contribution in [0.3, 0.4) is 0 Å². The van der Waals surface area contributed by atoms with Crippen LogP contribution in [0.4, 0.5) is 4.79 Å². The van der Waals surface area contributed by atoms with E-state index in [9.17, 15) is 9.59 Å². The second kappa shape index (κ2) is 7.24. The first-order chi connectivity index (χ1) is 8.49. The highest BCUT2D eigenvalue weighted by molar-refractivity contribution is 5.86. The number of carbonyl (C=O) groups excluding carboxylic acids is 2. The van der Waals surface area contributed by atoms with Crippen LogP contribution in [0.1, 0.15) is 52.9 Å². The summed E-state index contributed by atoms with van der Waals surface area (Å²) < 4.78 is 0. The predicted molar refractivity (Wildman–Crippen MR) is 71.3 cm³/mol. The third kappa shape index (κ3) is 5.38. The summed E-state index contributed by atoms with van der Waals surface area (Å²) in [5, 5.41) is 8.37. The number of carbonyl (C=O) groups is 2. The van der Waals surface area contributed by atoms with Gasteiger partial charge in [0.15, 0.2) is 0 Å². The minimum Gasteiger partial charge on any atom is -0.352 e. The Morgan fingerprint density at radius 2 is 1.61 bits per heavy atom. The zero-order chi connectivity index (χ0) is 13.5. The molecule has 1 saturated carbocycles. The largest absolute Gasteiger partial charge is 0.352 e. The van der Waals surface area contributed by atoms with E-state index in [1.165, 1.54) is 19.3 Å². The molecule has 18 heavy (non-hydrogen) atoms. The van der Waals surface area contributed by atoms with Gasteiger partial charge in [0.1, 0.15) is 6.04 Å². The van der Waals surface area contributed by atoms with Crippen molar-refractivity contribution in [2.75, 3.05) is 0 Å². The Bertz CT molecular complexity index is 286. The van der Waals surface area contributed by atoms with Crippen molar-refractivity contribution in [3.63, 3.8) is 0 Å². The summed E-state index contributed by atoms with van der Waals surface area (Å²) in [5.74, 6) is -0.149. The molecular formula is C13H25N3O2. The number of rotatable bonds is 4. The molecule has 1 aliphatic rings. The molecule has 0 heterocycles. The highest BCUT2D eigenvalue weighted by Gasteiger charge is 2.19. The first kappa shape index (κ1) is 14.8. The van der Waals surface area contributed by atoms with E-state index < -0.39 is 6.04 Å². The summed E-state index contributed by atoms with van der Waals surface area (Å²) in [6.45, 7) is 5.48. The lowest BCUT2D eigenvalue weighted by molar-refractivity contribution is -0.123. The first-order valence-corrected chi connectivity index (χ1v) is 6.86. The van der Waals surface area contributed by atoms with E-state index in [4.69, 9.17) is 0 Å². The fraction of sp³-hybridized carbons (Fsp3) is 0.846. The summed E-state index contributed by atoms with van der Waals surface area (Å²) in [4.78, 5) is 23.3. The predicted octanol–water partition coefficient (Wildman–Crippen LogP) is 1.53. The third-order valence-electron chi connectivity index (χ3n) is 3.11. The minimum atomic E-state index is -0.504. The van der Waals surface area contributed by atoms with Crippen molar-refractivity contribution in [3.05, 3.63) is 0 Å². The van der Waals surface area contributed by atoms with Gasteiger partial charge in [-0.05, 0) is 33.6 Å². The van der Waals surface area contributed by atoms with E-state index >= 15 is 0 Å². The van der Waals surface area contributed by atoms with E-state index in [0.717, 1.165) is 12.8 Å². The van der Waals surface area contributed by atoms with Gasteiger partial charge in [-0.2, -0.15) is 0 Å². The standard InChI is InChI=1S/C13H25N3O2/c1-9(2)14-12(17)10(3)15-13(18)16-11-7-5-4-6-8-11/h9-11H,4-8H2,1-3H3,(H,14,17)(H2,15,16,18). The van der Waals surface area contributed by atoms with E-state index in [0.29, 0.717) is 0 Å². The molecule has 0 aromatic carbocycles. The fourth-order valence-corrected chi connectivity index (χ4v) is 2.15. The Morgan fingerprint density at radius 3 is 2.17 bits per heavy atom. The Labute approximate surface area is 109 Å². The van der Waals surface area contributed by atoms with Gasteiger partial charge in [-0.1, -0.05) is 19.3 Å². The lowest BCUT2D eigenvalue weighted by atomic mass is 9.96. The Hall–Kier alpha value is -1.26. The molecule has 0 saturated heterocycles. The van der Waals surface area contributed by atoms with Crippen molar-refractivity contribution in [1.82, 2.24) is 16.0 Å². The van der Waals surface area contributed by atoms with Gasteiger partial charge in [0.25, 0.3) is 0 Å². The van der Waals surface area contributed by atoms with Crippen molar-refractivity contribution >= 4 is 11.9 Å². The van der Waals surface area contributed by atoms with Crippen LogP contribution in [-0.2, 0) is 4.79 Å². The van der Waals surface area contributed by atoms with Gasteiger partial charge in [0.05, 0.1) is 0 Å². The molecule has 1 atom stereocenters. The number of urea groups is 1. The topological polar surface area (TPSA) is 70.2 Å². The molecule has 3 N–H and O–H groups in total. The van der Waals surface area contributed by atoms with E-state index in [1.807, 2.05) is 13.8 Å². The maximum atomic E-state index is 11.7. The molecule has 0 radical (unpaired) electrons. The maximum absolute atomic E-state index is 11.7. The molecule has 1 unspecified atom stereocenters. The monoisotopic (exact) mass is 255 g/mol. The second-order valence-electron chi connectivity index (χ2n) is 5.34. The molecule has 5 nitrogen and oxygen atoms in total. The average Bonchev–Trinajstić information content (AvgIpc) is 2.29. The quantitative estimate of drug-likeness (QED) is 0.713. The first-order valence-electron chi connectivity index (χ1n) is 6.86. The van der Waals surface area contributed by atoms with Crippen molar-refractivity contribution in [1.29, 1.82) is 0 Å². The Morgan fingerprint density at radius 1 is 1.00 bits per heavy atom. The molecule has 1 aliphatic carbocycles. The maximum Gasteiger partial charge on any atom is 0.315 e. The SMILES string of the molecule is CC(C)NC(=O)C(C)NC(=O)NC1CCCCC1. The summed E-state index contributed by atoms with van der Waals surface area (Å²) in [6, 6.07) is -0.397. The van der Waals surface area contributed by atoms with Gasteiger partial charge in [-0.25, -0.2) is 4.79 Å². The molecule has 0 spiro atoms. The zero-order valence-corrected chi connectivity index (χ0v) is 11.6. The fourth-order valence-electron chi connectivity index (χ4n) is 2.15.